The Hall–Kier alpha value is -3.97. The Morgan fingerprint density at radius 3 is 2.45 bits per heavy atom. The summed E-state index contributed by atoms with van der Waals surface area (Å²) >= 11 is 6.56. The van der Waals surface area contributed by atoms with Gasteiger partial charge in [0.05, 0.1) is 22.0 Å². The molecule has 8 heteroatoms. The second-order valence-corrected chi connectivity index (χ2v) is 8.30. The molecule has 1 saturated carbocycles. The predicted molar refractivity (Wildman–Crippen MR) is 127 cm³/mol. The van der Waals surface area contributed by atoms with Crippen LogP contribution in [0, 0.1) is 0 Å². The first kappa shape index (κ1) is 20.9. The zero-order valence-corrected chi connectivity index (χ0v) is 18.3. The number of anilines is 1. The van der Waals surface area contributed by atoms with Crippen LogP contribution >= 0.6 is 11.6 Å². The van der Waals surface area contributed by atoms with E-state index >= 15 is 0 Å². The number of nitrogens with one attached hydrogen (secondary N) is 1. The smallest absolute Gasteiger partial charge is 0.269 e. The molecule has 2 aromatic carbocycles. The van der Waals surface area contributed by atoms with E-state index in [1.807, 2.05) is 54.6 Å². The lowest BCUT2D eigenvalue weighted by Gasteiger charge is -2.14. The molecule has 1 aliphatic rings. The van der Waals surface area contributed by atoms with Gasteiger partial charge in [0, 0.05) is 17.8 Å². The Balaban J connectivity index is 1.54. The van der Waals surface area contributed by atoms with Crippen LogP contribution in [-0.4, -0.2) is 26.6 Å². The van der Waals surface area contributed by atoms with E-state index in [1.54, 1.807) is 12.3 Å². The van der Waals surface area contributed by atoms with E-state index in [0.717, 1.165) is 29.7 Å². The summed E-state index contributed by atoms with van der Waals surface area (Å²) in [5.41, 5.74) is 9.22. The molecular formula is C25H20ClN5O2. The monoisotopic (exact) mass is 457 g/mol. The Morgan fingerprint density at radius 2 is 1.79 bits per heavy atom. The Labute approximate surface area is 195 Å². The van der Waals surface area contributed by atoms with Crippen LogP contribution in [0.15, 0.2) is 72.9 Å². The highest BCUT2D eigenvalue weighted by Gasteiger charge is 2.29. The molecule has 1 aliphatic carbocycles. The Bertz CT molecular complexity index is 1350. The van der Waals surface area contributed by atoms with E-state index in [0.29, 0.717) is 28.0 Å². The van der Waals surface area contributed by atoms with E-state index in [1.165, 1.54) is 10.7 Å². The number of aromatic nitrogens is 3. The van der Waals surface area contributed by atoms with Crippen molar-refractivity contribution in [1.29, 1.82) is 0 Å². The van der Waals surface area contributed by atoms with Crippen molar-refractivity contribution in [3.8, 4) is 16.9 Å². The first-order chi connectivity index (χ1) is 16.0. The molecule has 0 bridgehead atoms. The van der Waals surface area contributed by atoms with Gasteiger partial charge in [-0.05, 0) is 60.7 Å². The molecule has 2 aromatic heterocycles. The molecule has 0 atom stereocenters. The number of hydrogen-bond acceptors (Lipinski definition) is 4. The fourth-order valence-corrected chi connectivity index (χ4v) is 4.04. The maximum atomic E-state index is 13.3. The van der Waals surface area contributed by atoms with Gasteiger partial charge in [-0.1, -0.05) is 35.9 Å². The van der Waals surface area contributed by atoms with Crippen molar-refractivity contribution in [2.75, 3.05) is 5.32 Å². The minimum absolute atomic E-state index is 0.0403. The standard InChI is InChI=1S/C25H20ClN5O2/c26-20-13-17(15-9-10-15)18(21-8-4-5-11-28-21)12-19(20)25(33)29-23-14-22(24(27)32)30-31(23)16-6-2-1-3-7-16/h1-8,11-15H,9-10H2,(H2,27,32)(H,29,33). The van der Waals surface area contributed by atoms with Crippen molar-refractivity contribution in [2.45, 2.75) is 18.8 Å². The van der Waals surface area contributed by atoms with Crippen LogP contribution in [0.1, 0.15) is 45.2 Å². The third kappa shape index (κ3) is 4.23. The van der Waals surface area contributed by atoms with Crippen LogP contribution in [0.25, 0.3) is 16.9 Å². The second-order valence-electron chi connectivity index (χ2n) is 7.89. The first-order valence-electron chi connectivity index (χ1n) is 10.5. The van der Waals surface area contributed by atoms with Crippen LogP contribution in [-0.2, 0) is 0 Å². The summed E-state index contributed by atoms with van der Waals surface area (Å²) in [6.45, 7) is 0. The number of carbonyl (C=O) groups excluding carboxylic acids is 2. The Morgan fingerprint density at radius 1 is 1.03 bits per heavy atom. The van der Waals surface area contributed by atoms with E-state index in [4.69, 9.17) is 17.3 Å². The summed E-state index contributed by atoms with van der Waals surface area (Å²) < 4.78 is 1.46. The van der Waals surface area contributed by atoms with E-state index in [9.17, 15) is 9.59 Å². The largest absolute Gasteiger partial charge is 0.364 e. The maximum Gasteiger partial charge on any atom is 0.269 e. The maximum absolute atomic E-state index is 13.3. The molecule has 5 rings (SSSR count). The summed E-state index contributed by atoms with van der Waals surface area (Å²) in [6, 6.07) is 19.9. The van der Waals surface area contributed by atoms with Gasteiger partial charge < -0.3 is 11.1 Å². The zero-order valence-electron chi connectivity index (χ0n) is 17.5. The molecule has 0 spiro atoms. The molecule has 0 saturated heterocycles. The van der Waals surface area contributed by atoms with Crippen LogP contribution < -0.4 is 11.1 Å². The highest BCUT2D eigenvalue weighted by Crippen LogP contribution is 2.45. The van der Waals surface area contributed by atoms with Crippen molar-refractivity contribution < 1.29 is 9.59 Å². The van der Waals surface area contributed by atoms with Crippen molar-refractivity contribution in [3.63, 3.8) is 0 Å². The first-order valence-corrected chi connectivity index (χ1v) is 10.9. The summed E-state index contributed by atoms with van der Waals surface area (Å²) in [5.74, 6) is -0.381. The van der Waals surface area contributed by atoms with Crippen molar-refractivity contribution in [3.05, 3.63) is 94.8 Å². The summed E-state index contributed by atoms with van der Waals surface area (Å²) in [5, 5.41) is 7.43. The average molecular weight is 458 g/mol. The molecule has 7 nitrogen and oxygen atoms in total. The predicted octanol–water partition coefficient (Wildman–Crippen LogP) is 4.82. The highest BCUT2D eigenvalue weighted by atomic mass is 35.5. The quantitative estimate of drug-likeness (QED) is 0.433. The molecule has 2 amide bonds. The van der Waals surface area contributed by atoms with Crippen LogP contribution in [0.5, 0.6) is 0 Å². The molecule has 164 valence electrons. The topological polar surface area (TPSA) is 103 Å². The van der Waals surface area contributed by atoms with E-state index < -0.39 is 11.8 Å². The van der Waals surface area contributed by atoms with Crippen LogP contribution in [0.3, 0.4) is 0 Å². The van der Waals surface area contributed by atoms with Gasteiger partial charge in [-0.3, -0.25) is 14.6 Å². The minimum atomic E-state index is -0.690. The molecule has 1 fully saturated rings. The van der Waals surface area contributed by atoms with Crippen molar-refractivity contribution >= 4 is 29.2 Å². The number of rotatable bonds is 6. The van der Waals surface area contributed by atoms with Gasteiger partial charge in [0.2, 0.25) is 0 Å². The molecule has 0 aliphatic heterocycles. The number of carbonyl (C=O) groups is 2. The molecule has 4 aromatic rings. The number of nitrogens with two attached hydrogens (primary N) is 1. The highest BCUT2D eigenvalue weighted by molar-refractivity contribution is 6.34. The molecule has 0 radical (unpaired) electrons. The number of hydrogen-bond donors (Lipinski definition) is 2. The number of amides is 2. The molecule has 0 unspecified atom stereocenters. The third-order valence-corrected chi connectivity index (χ3v) is 5.86. The van der Waals surface area contributed by atoms with Gasteiger partial charge in [-0.2, -0.15) is 5.10 Å². The van der Waals surface area contributed by atoms with E-state index in [2.05, 4.69) is 15.4 Å². The van der Waals surface area contributed by atoms with Crippen LogP contribution in [0.4, 0.5) is 5.82 Å². The van der Waals surface area contributed by atoms with Crippen molar-refractivity contribution in [2.24, 2.45) is 5.73 Å². The number of pyridine rings is 1. The number of benzene rings is 2. The third-order valence-electron chi connectivity index (χ3n) is 5.55. The normalized spacial score (nSPS) is 13.0. The van der Waals surface area contributed by atoms with Gasteiger partial charge >= 0.3 is 0 Å². The SMILES string of the molecule is NC(=O)c1cc(NC(=O)c2cc(-c3ccccn3)c(C3CC3)cc2Cl)n(-c2ccccc2)n1. The van der Waals surface area contributed by atoms with Crippen LogP contribution in [0.2, 0.25) is 5.02 Å². The lowest BCUT2D eigenvalue weighted by atomic mass is 9.97. The zero-order chi connectivity index (χ0) is 22.9. The number of para-hydroxylation sites is 1. The van der Waals surface area contributed by atoms with E-state index in [-0.39, 0.29) is 5.69 Å². The lowest BCUT2D eigenvalue weighted by molar-refractivity contribution is 0.0992. The molecular weight excluding hydrogens is 438 g/mol. The van der Waals surface area contributed by atoms with Crippen molar-refractivity contribution in [1.82, 2.24) is 14.8 Å². The molecule has 2 heterocycles. The number of halogens is 1. The van der Waals surface area contributed by atoms with Gasteiger partial charge in [0.15, 0.2) is 5.69 Å². The van der Waals surface area contributed by atoms with Gasteiger partial charge in [0.1, 0.15) is 5.82 Å². The second kappa shape index (κ2) is 8.52. The fraction of sp³-hybridized carbons (Fsp3) is 0.120. The summed E-state index contributed by atoms with van der Waals surface area (Å²) in [4.78, 5) is 29.5. The fourth-order valence-electron chi connectivity index (χ4n) is 3.78. The number of nitrogens with zero attached hydrogens (tertiary/aromatic N) is 3. The van der Waals surface area contributed by atoms with Gasteiger partial charge in [-0.15, -0.1) is 0 Å². The van der Waals surface area contributed by atoms with Gasteiger partial charge in [-0.25, -0.2) is 4.68 Å². The summed E-state index contributed by atoms with van der Waals surface area (Å²) in [7, 11) is 0. The Kier molecular flexibility index (Phi) is 5.40. The minimum Gasteiger partial charge on any atom is -0.364 e. The lowest BCUT2D eigenvalue weighted by Crippen LogP contribution is -2.16. The van der Waals surface area contributed by atoms with Gasteiger partial charge in [0.25, 0.3) is 11.8 Å². The summed E-state index contributed by atoms with van der Waals surface area (Å²) in [6.07, 6.45) is 3.91. The average Bonchev–Trinajstić information content (AvgIpc) is 3.59. The molecule has 3 N–H and O–H groups in total. The number of primary amides is 1. The molecule has 33 heavy (non-hydrogen) atoms.